The van der Waals surface area contributed by atoms with Crippen molar-refractivity contribution in [2.75, 3.05) is 6.16 Å². The van der Waals surface area contributed by atoms with Crippen LogP contribution in [0.1, 0.15) is 110 Å². The highest BCUT2D eigenvalue weighted by Gasteiger charge is 2.59. The standard InChI is InChI=1S/C25H43P/c1-3-5-9-26(24(4-2)14-19-7-6-8-20(10-19)15-24)25-16-21-11-22(17-25)13-23(12-21)18-25/h19-23H,3-18H2,1-2H3/t19-,20+,21?,22?,23?,24?,25?,26?. The van der Waals surface area contributed by atoms with Crippen LogP contribution in [0.5, 0.6) is 0 Å². The van der Waals surface area contributed by atoms with Crippen molar-refractivity contribution >= 4 is 7.92 Å². The van der Waals surface area contributed by atoms with Gasteiger partial charge in [-0.05, 0) is 117 Å². The van der Waals surface area contributed by atoms with E-state index in [4.69, 9.17) is 0 Å². The van der Waals surface area contributed by atoms with E-state index in [0.29, 0.717) is 0 Å². The molecule has 0 aromatic heterocycles. The van der Waals surface area contributed by atoms with Gasteiger partial charge in [0.05, 0.1) is 0 Å². The van der Waals surface area contributed by atoms with Crippen LogP contribution in [-0.2, 0) is 0 Å². The van der Waals surface area contributed by atoms with Crippen molar-refractivity contribution < 1.29 is 0 Å². The van der Waals surface area contributed by atoms with Crippen LogP contribution in [0.15, 0.2) is 0 Å². The van der Waals surface area contributed by atoms with Crippen LogP contribution >= 0.6 is 7.92 Å². The fourth-order valence-electron chi connectivity index (χ4n) is 9.32. The van der Waals surface area contributed by atoms with Crippen molar-refractivity contribution in [3.05, 3.63) is 0 Å². The van der Waals surface area contributed by atoms with Gasteiger partial charge in [-0.2, -0.15) is 0 Å². The number of fused-ring (bicyclic) bond motifs is 2. The second-order valence-electron chi connectivity index (χ2n) is 11.5. The van der Waals surface area contributed by atoms with Crippen LogP contribution < -0.4 is 0 Å². The Morgan fingerprint density at radius 2 is 1.27 bits per heavy atom. The van der Waals surface area contributed by atoms with Gasteiger partial charge in [0.15, 0.2) is 0 Å². The van der Waals surface area contributed by atoms with E-state index in [2.05, 4.69) is 13.8 Å². The predicted molar refractivity (Wildman–Crippen MR) is 115 cm³/mol. The highest BCUT2D eigenvalue weighted by molar-refractivity contribution is 7.61. The molecule has 6 saturated carbocycles. The normalized spacial score (nSPS) is 50.8. The van der Waals surface area contributed by atoms with Gasteiger partial charge in [0, 0.05) is 0 Å². The summed E-state index contributed by atoms with van der Waals surface area (Å²) >= 11 is 0. The van der Waals surface area contributed by atoms with Gasteiger partial charge >= 0.3 is 0 Å². The summed E-state index contributed by atoms with van der Waals surface area (Å²) in [6, 6.07) is 0. The van der Waals surface area contributed by atoms with Crippen molar-refractivity contribution in [1.29, 1.82) is 0 Å². The lowest BCUT2D eigenvalue weighted by Gasteiger charge is -2.65. The molecular weight excluding hydrogens is 331 g/mol. The summed E-state index contributed by atoms with van der Waals surface area (Å²) in [5.41, 5.74) is 0. The van der Waals surface area contributed by atoms with Gasteiger partial charge in [0.25, 0.3) is 0 Å². The van der Waals surface area contributed by atoms with Crippen molar-refractivity contribution in [2.24, 2.45) is 29.6 Å². The van der Waals surface area contributed by atoms with Crippen molar-refractivity contribution in [3.63, 3.8) is 0 Å². The minimum Gasteiger partial charge on any atom is -0.0939 e. The molecule has 4 atom stereocenters. The Labute approximate surface area is 164 Å². The molecule has 26 heavy (non-hydrogen) atoms. The van der Waals surface area contributed by atoms with E-state index in [1.54, 1.807) is 83.2 Å². The minimum atomic E-state index is 0.232. The minimum absolute atomic E-state index is 0.232. The molecule has 0 aliphatic heterocycles. The number of hydrogen-bond donors (Lipinski definition) is 0. The molecular formula is C25H43P. The summed E-state index contributed by atoms with van der Waals surface area (Å²) < 4.78 is 0. The molecule has 148 valence electrons. The third-order valence-electron chi connectivity index (χ3n) is 9.77. The molecule has 0 nitrogen and oxygen atoms in total. The first-order chi connectivity index (χ1) is 12.6. The highest BCUT2D eigenvalue weighted by atomic mass is 31.1. The Morgan fingerprint density at radius 3 is 1.77 bits per heavy atom. The molecule has 2 unspecified atom stereocenters. The van der Waals surface area contributed by atoms with E-state index in [9.17, 15) is 0 Å². The average molecular weight is 375 g/mol. The largest absolute Gasteiger partial charge is 0.0939 e. The van der Waals surface area contributed by atoms with Gasteiger partial charge in [-0.1, -0.05) is 47.5 Å². The SMILES string of the molecule is CCCCP(C12CC3CC(CC(C3)C1)C2)C1(CC)C[C@@H]2CCC[C@@H](C2)C1. The van der Waals surface area contributed by atoms with Gasteiger partial charge < -0.3 is 0 Å². The first-order valence-corrected chi connectivity index (χ1v) is 13.9. The number of unbranched alkanes of at least 4 members (excludes halogenated alkanes) is 1. The highest BCUT2D eigenvalue weighted by Crippen LogP contribution is 2.76. The van der Waals surface area contributed by atoms with Gasteiger partial charge in [-0.15, -0.1) is 0 Å². The molecule has 6 aliphatic rings. The summed E-state index contributed by atoms with van der Waals surface area (Å²) in [5.74, 6) is 5.66. The van der Waals surface area contributed by atoms with E-state index >= 15 is 0 Å². The third kappa shape index (κ3) is 3.04. The van der Waals surface area contributed by atoms with E-state index in [1.807, 2.05) is 0 Å². The lowest BCUT2D eigenvalue weighted by Crippen LogP contribution is -2.54. The summed E-state index contributed by atoms with van der Waals surface area (Å²) in [5, 5.41) is 1.64. The molecule has 0 N–H and O–H groups in total. The number of hydrogen-bond acceptors (Lipinski definition) is 0. The average Bonchev–Trinajstić information content (AvgIpc) is 2.60. The maximum atomic E-state index is 2.61. The third-order valence-corrected chi connectivity index (χ3v) is 14.1. The smallest absolute Gasteiger partial charge is 0.00815 e. The Bertz CT molecular complexity index is 461. The topological polar surface area (TPSA) is 0 Å². The zero-order valence-electron chi connectivity index (χ0n) is 17.6. The van der Waals surface area contributed by atoms with Crippen molar-refractivity contribution in [2.45, 2.75) is 120 Å². The van der Waals surface area contributed by atoms with E-state index in [0.717, 1.165) is 39.9 Å². The quantitative estimate of drug-likeness (QED) is 0.413. The van der Waals surface area contributed by atoms with E-state index < -0.39 is 0 Å². The Kier molecular flexibility index (Phi) is 5.00. The lowest BCUT2D eigenvalue weighted by atomic mass is 9.56. The molecule has 1 heteroatoms. The zero-order valence-corrected chi connectivity index (χ0v) is 18.5. The van der Waals surface area contributed by atoms with Crippen LogP contribution in [0.4, 0.5) is 0 Å². The summed E-state index contributed by atoms with van der Waals surface area (Å²) in [6.07, 6.45) is 25.6. The fourth-order valence-corrected chi connectivity index (χ4v) is 14.7. The van der Waals surface area contributed by atoms with Crippen molar-refractivity contribution in [1.82, 2.24) is 0 Å². The molecule has 0 saturated heterocycles. The predicted octanol–water partition coefficient (Wildman–Crippen LogP) is 7.99. The molecule has 0 aromatic rings. The molecule has 0 heterocycles. The second-order valence-corrected chi connectivity index (χ2v) is 14.7. The molecule has 6 rings (SSSR count). The summed E-state index contributed by atoms with van der Waals surface area (Å²) in [4.78, 5) is 0. The van der Waals surface area contributed by atoms with E-state index in [1.165, 1.54) is 19.3 Å². The molecule has 6 bridgehead atoms. The zero-order chi connectivity index (χ0) is 17.8. The van der Waals surface area contributed by atoms with E-state index in [-0.39, 0.29) is 7.92 Å². The Morgan fingerprint density at radius 1 is 0.731 bits per heavy atom. The maximum Gasteiger partial charge on any atom is -0.00815 e. The van der Waals surface area contributed by atoms with Crippen LogP contribution in [0.3, 0.4) is 0 Å². The molecule has 0 amide bonds. The second kappa shape index (κ2) is 7.04. The Hall–Kier alpha value is 0.430. The van der Waals surface area contributed by atoms with Gasteiger partial charge in [0.1, 0.15) is 0 Å². The lowest BCUT2D eigenvalue weighted by molar-refractivity contribution is 0.0329. The summed E-state index contributed by atoms with van der Waals surface area (Å²) in [7, 11) is 0.232. The summed E-state index contributed by atoms with van der Waals surface area (Å²) in [6.45, 7) is 5.06. The first-order valence-electron chi connectivity index (χ1n) is 12.4. The van der Waals surface area contributed by atoms with Crippen LogP contribution in [0.25, 0.3) is 0 Å². The van der Waals surface area contributed by atoms with Gasteiger partial charge in [0.2, 0.25) is 0 Å². The van der Waals surface area contributed by atoms with Gasteiger partial charge in [-0.3, -0.25) is 0 Å². The first kappa shape index (κ1) is 18.5. The molecule has 0 radical (unpaired) electrons. The molecule has 6 aliphatic carbocycles. The van der Waals surface area contributed by atoms with Crippen molar-refractivity contribution in [3.8, 4) is 0 Å². The fraction of sp³-hybridized carbons (Fsp3) is 1.00. The van der Waals surface area contributed by atoms with Gasteiger partial charge in [-0.25, -0.2) is 0 Å². The molecule has 6 fully saturated rings. The molecule has 0 spiro atoms. The van der Waals surface area contributed by atoms with Crippen LogP contribution in [-0.4, -0.2) is 16.5 Å². The molecule has 0 aromatic carbocycles. The Balaban J connectivity index is 1.48. The maximum absolute atomic E-state index is 2.61. The monoisotopic (exact) mass is 374 g/mol. The number of rotatable bonds is 6. The van der Waals surface area contributed by atoms with Crippen LogP contribution in [0, 0.1) is 29.6 Å². The van der Waals surface area contributed by atoms with Crippen LogP contribution in [0.2, 0.25) is 0 Å².